The third-order valence-electron chi connectivity index (χ3n) is 3.65. The van der Waals surface area contributed by atoms with Crippen molar-refractivity contribution >= 4 is 18.3 Å². The molecule has 16 heavy (non-hydrogen) atoms. The van der Waals surface area contributed by atoms with Crippen LogP contribution in [0.25, 0.3) is 0 Å². The summed E-state index contributed by atoms with van der Waals surface area (Å²) >= 11 is 0. The van der Waals surface area contributed by atoms with Gasteiger partial charge in [-0.1, -0.05) is 13.8 Å². The minimum Gasteiger partial charge on any atom is -0.337 e. The van der Waals surface area contributed by atoms with Gasteiger partial charge in [-0.25, -0.2) is 0 Å². The number of hydrogen-bond donors (Lipinski definition) is 1. The minimum atomic E-state index is 0. The molecule has 4 heteroatoms. The molecule has 1 aliphatic rings. The summed E-state index contributed by atoms with van der Waals surface area (Å²) in [5.74, 6) is 0.568. The van der Waals surface area contributed by atoms with Crippen LogP contribution in [0.1, 0.15) is 40.5 Å². The van der Waals surface area contributed by atoms with E-state index >= 15 is 0 Å². The number of rotatable bonds is 3. The molecule has 0 aromatic heterocycles. The fraction of sp³-hybridized carbons (Fsp3) is 0.917. The van der Waals surface area contributed by atoms with Gasteiger partial charge in [-0.15, -0.1) is 12.4 Å². The highest BCUT2D eigenvalue weighted by Crippen LogP contribution is 2.17. The van der Waals surface area contributed by atoms with Crippen LogP contribution in [0.3, 0.4) is 0 Å². The van der Waals surface area contributed by atoms with Gasteiger partial charge in [0.2, 0.25) is 5.91 Å². The summed E-state index contributed by atoms with van der Waals surface area (Å²) in [6.45, 7) is 10.3. The molecule has 0 aliphatic carbocycles. The van der Waals surface area contributed by atoms with Crippen molar-refractivity contribution in [2.75, 3.05) is 13.1 Å². The summed E-state index contributed by atoms with van der Waals surface area (Å²) in [4.78, 5) is 14.3. The number of carbonyl (C=O) groups is 1. The maximum Gasteiger partial charge on any atom is 0.225 e. The molecule has 0 radical (unpaired) electrons. The molecule has 96 valence electrons. The van der Waals surface area contributed by atoms with E-state index in [0.29, 0.717) is 18.0 Å². The maximum absolute atomic E-state index is 12.2. The summed E-state index contributed by atoms with van der Waals surface area (Å²) in [7, 11) is 0. The first kappa shape index (κ1) is 15.7. The Kier molecular flexibility index (Phi) is 7.00. The van der Waals surface area contributed by atoms with Crippen LogP contribution in [0.5, 0.6) is 0 Å². The number of hydrogen-bond acceptors (Lipinski definition) is 2. The van der Waals surface area contributed by atoms with Gasteiger partial charge >= 0.3 is 0 Å². The zero-order valence-corrected chi connectivity index (χ0v) is 11.6. The first-order valence-corrected chi connectivity index (χ1v) is 6.15. The van der Waals surface area contributed by atoms with Crippen LogP contribution in [-0.4, -0.2) is 36.0 Å². The number of amides is 1. The van der Waals surface area contributed by atoms with Crippen molar-refractivity contribution < 1.29 is 4.79 Å². The Labute approximate surface area is 105 Å². The quantitative estimate of drug-likeness (QED) is 0.829. The Morgan fingerprint density at radius 2 is 1.94 bits per heavy atom. The second-order valence-corrected chi connectivity index (χ2v) is 4.53. The van der Waals surface area contributed by atoms with Crippen LogP contribution in [0.15, 0.2) is 0 Å². The number of nitrogens with one attached hydrogen (secondary N) is 1. The van der Waals surface area contributed by atoms with Gasteiger partial charge < -0.3 is 10.2 Å². The van der Waals surface area contributed by atoms with Crippen molar-refractivity contribution in [3.8, 4) is 0 Å². The molecule has 1 saturated heterocycles. The van der Waals surface area contributed by atoms with Gasteiger partial charge in [0.15, 0.2) is 0 Å². The average molecular weight is 249 g/mol. The smallest absolute Gasteiger partial charge is 0.225 e. The van der Waals surface area contributed by atoms with Crippen LogP contribution in [-0.2, 0) is 4.79 Å². The van der Waals surface area contributed by atoms with E-state index < -0.39 is 0 Å². The van der Waals surface area contributed by atoms with Gasteiger partial charge in [-0.2, -0.15) is 0 Å². The fourth-order valence-corrected chi connectivity index (χ4v) is 2.24. The van der Waals surface area contributed by atoms with Crippen molar-refractivity contribution in [2.24, 2.45) is 5.92 Å². The molecule has 0 bridgehead atoms. The molecule has 2 unspecified atom stereocenters. The Hall–Kier alpha value is -0.280. The minimum absolute atomic E-state index is 0. The van der Waals surface area contributed by atoms with E-state index in [1.807, 2.05) is 0 Å². The second kappa shape index (κ2) is 7.13. The fourth-order valence-electron chi connectivity index (χ4n) is 2.24. The SMILES string of the molecule is CCC(CC)C(=O)N1CCNC(C)C1C.Cl. The Bertz CT molecular complexity index is 219. The van der Waals surface area contributed by atoms with Gasteiger partial charge in [0, 0.05) is 31.1 Å². The van der Waals surface area contributed by atoms with Gasteiger partial charge in [0.05, 0.1) is 0 Å². The number of piperazine rings is 1. The van der Waals surface area contributed by atoms with Crippen LogP contribution < -0.4 is 5.32 Å². The van der Waals surface area contributed by atoms with Crippen molar-refractivity contribution in [1.29, 1.82) is 0 Å². The molecule has 3 nitrogen and oxygen atoms in total. The van der Waals surface area contributed by atoms with E-state index in [2.05, 4.69) is 37.9 Å². The molecule has 0 saturated carbocycles. The van der Waals surface area contributed by atoms with E-state index in [9.17, 15) is 4.79 Å². The number of carbonyl (C=O) groups excluding carboxylic acids is 1. The number of nitrogens with zero attached hydrogens (tertiary/aromatic N) is 1. The Balaban J connectivity index is 0.00000225. The molecule has 1 heterocycles. The van der Waals surface area contributed by atoms with Crippen LogP contribution in [0.2, 0.25) is 0 Å². The van der Waals surface area contributed by atoms with Crippen molar-refractivity contribution in [3.63, 3.8) is 0 Å². The lowest BCUT2D eigenvalue weighted by Crippen LogP contribution is -2.58. The molecular formula is C12H25ClN2O. The van der Waals surface area contributed by atoms with E-state index in [1.165, 1.54) is 0 Å². The molecule has 1 rings (SSSR count). The highest BCUT2D eigenvalue weighted by Gasteiger charge is 2.30. The lowest BCUT2D eigenvalue weighted by molar-refractivity contribution is -0.139. The molecule has 0 aromatic carbocycles. The van der Waals surface area contributed by atoms with E-state index in [0.717, 1.165) is 25.9 Å². The lowest BCUT2D eigenvalue weighted by atomic mass is 9.98. The van der Waals surface area contributed by atoms with Crippen LogP contribution in [0, 0.1) is 5.92 Å². The molecule has 0 aromatic rings. The molecule has 2 atom stereocenters. The van der Waals surface area contributed by atoms with E-state index in [4.69, 9.17) is 0 Å². The Morgan fingerprint density at radius 3 is 2.44 bits per heavy atom. The lowest BCUT2D eigenvalue weighted by Gasteiger charge is -2.40. The zero-order valence-electron chi connectivity index (χ0n) is 10.8. The van der Waals surface area contributed by atoms with Crippen molar-refractivity contribution in [1.82, 2.24) is 10.2 Å². The van der Waals surface area contributed by atoms with E-state index in [1.54, 1.807) is 0 Å². The van der Waals surface area contributed by atoms with Gasteiger partial charge in [0.25, 0.3) is 0 Å². The summed E-state index contributed by atoms with van der Waals surface area (Å²) in [5, 5.41) is 3.40. The number of halogens is 1. The molecule has 1 amide bonds. The highest BCUT2D eigenvalue weighted by atomic mass is 35.5. The highest BCUT2D eigenvalue weighted by molar-refractivity contribution is 5.85. The first-order chi connectivity index (χ1) is 7.11. The third kappa shape index (κ3) is 3.36. The molecule has 1 fully saturated rings. The van der Waals surface area contributed by atoms with Gasteiger partial charge in [-0.3, -0.25) is 4.79 Å². The first-order valence-electron chi connectivity index (χ1n) is 6.15. The topological polar surface area (TPSA) is 32.3 Å². The molecule has 0 spiro atoms. The van der Waals surface area contributed by atoms with E-state index in [-0.39, 0.29) is 18.3 Å². The Morgan fingerprint density at radius 1 is 1.38 bits per heavy atom. The van der Waals surface area contributed by atoms with Crippen LogP contribution in [0.4, 0.5) is 0 Å². The predicted molar refractivity (Wildman–Crippen MR) is 70.0 cm³/mol. The summed E-state index contributed by atoms with van der Waals surface area (Å²) in [6.07, 6.45) is 1.92. The molecular weight excluding hydrogens is 224 g/mol. The largest absolute Gasteiger partial charge is 0.337 e. The normalized spacial score (nSPS) is 25.4. The summed E-state index contributed by atoms with van der Waals surface area (Å²) in [6, 6.07) is 0.740. The molecule has 1 aliphatic heterocycles. The van der Waals surface area contributed by atoms with Gasteiger partial charge in [0.1, 0.15) is 0 Å². The van der Waals surface area contributed by atoms with Crippen LogP contribution >= 0.6 is 12.4 Å². The third-order valence-corrected chi connectivity index (χ3v) is 3.65. The van der Waals surface area contributed by atoms with Crippen molar-refractivity contribution in [2.45, 2.75) is 52.6 Å². The summed E-state index contributed by atoms with van der Waals surface area (Å²) in [5.41, 5.74) is 0. The zero-order chi connectivity index (χ0) is 11.4. The maximum atomic E-state index is 12.2. The average Bonchev–Trinajstić information content (AvgIpc) is 2.23. The predicted octanol–water partition coefficient (Wildman–Crippen LogP) is 2.05. The van der Waals surface area contributed by atoms with Crippen molar-refractivity contribution in [3.05, 3.63) is 0 Å². The monoisotopic (exact) mass is 248 g/mol. The standard InChI is InChI=1S/C12H24N2O.ClH/c1-5-11(6-2)12(15)14-8-7-13-9(3)10(14)4;/h9-11,13H,5-8H2,1-4H3;1H. The summed E-state index contributed by atoms with van der Waals surface area (Å²) < 4.78 is 0. The molecule has 1 N–H and O–H groups in total. The van der Waals surface area contributed by atoms with Gasteiger partial charge in [-0.05, 0) is 26.7 Å². The second-order valence-electron chi connectivity index (χ2n) is 4.53.